The average Bonchev–Trinajstić information content (AvgIpc) is 3.44. The van der Waals surface area contributed by atoms with Crippen LogP contribution >= 0.6 is 34.7 Å². The van der Waals surface area contributed by atoms with Crippen molar-refractivity contribution in [3.05, 3.63) is 55.9 Å². The summed E-state index contributed by atoms with van der Waals surface area (Å²) in [5.74, 6) is 1.39. The fourth-order valence-electron chi connectivity index (χ4n) is 2.86. The highest BCUT2D eigenvalue weighted by Crippen LogP contribution is 2.23. The first kappa shape index (κ1) is 19.5. The molecular formula is C18H19ClN4O3S2. The minimum atomic E-state index is -0.201. The molecular weight excluding hydrogens is 420 g/mol. The van der Waals surface area contributed by atoms with E-state index in [1.165, 1.54) is 11.8 Å². The molecule has 1 unspecified atom stereocenters. The second-order valence-corrected chi connectivity index (χ2v) is 8.64. The normalized spacial score (nSPS) is 16.5. The van der Waals surface area contributed by atoms with Gasteiger partial charge in [0.1, 0.15) is 17.4 Å². The molecule has 1 aromatic carbocycles. The highest BCUT2D eigenvalue weighted by Gasteiger charge is 2.19. The zero-order valence-corrected chi connectivity index (χ0v) is 17.4. The molecule has 1 aliphatic rings. The van der Waals surface area contributed by atoms with Gasteiger partial charge in [-0.3, -0.25) is 4.57 Å². The summed E-state index contributed by atoms with van der Waals surface area (Å²) >= 11 is 8.91. The number of hydrogen-bond donors (Lipinski definition) is 1. The van der Waals surface area contributed by atoms with Gasteiger partial charge in [0.2, 0.25) is 0 Å². The van der Waals surface area contributed by atoms with Crippen molar-refractivity contribution >= 4 is 34.7 Å². The lowest BCUT2D eigenvalue weighted by Crippen LogP contribution is -2.24. The van der Waals surface area contributed by atoms with Crippen LogP contribution < -0.4 is 10.4 Å². The monoisotopic (exact) mass is 438 g/mol. The van der Waals surface area contributed by atoms with Crippen LogP contribution in [0.5, 0.6) is 5.75 Å². The molecule has 0 saturated carbocycles. The quantitative estimate of drug-likeness (QED) is 0.539. The van der Waals surface area contributed by atoms with Crippen LogP contribution in [0.15, 0.2) is 39.6 Å². The molecule has 2 aromatic heterocycles. The Morgan fingerprint density at radius 3 is 3.04 bits per heavy atom. The van der Waals surface area contributed by atoms with Crippen LogP contribution in [0.25, 0.3) is 0 Å². The molecule has 1 saturated heterocycles. The number of nitrogens with one attached hydrogen (secondary N) is 1. The number of hydrogen-bond acceptors (Lipinski definition) is 7. The summed E-state index contributed by atoms with van der Waals surface area (Å²) in [6.45, 7) is 1.71. The number of thiazole rings is 1. The molecule has 1 fully saturated rings. The molecule has 148 valence electrons. The predicted molar refractivity (Wildman–Crippen MR) is 109 cm³/mol. The van der Waals surface area contributed by atoms with E-state index in [-0.39, 0.29) is 11.8 Å². The standard InChI is InChI=1S/C18H19ClN4O3S2/c19-12-3-5-14(6-4-12)26-9-16-20-13(10-27-16)11-28-18-22-21-17(24)23(18)8-15-2-1-7-25-15/h3-6,10,15H,1-2,7-9,11H2,(H,21,24). The number of aromatic amines is 1. The number of halogens is 1. The molecule has 0 radical (unpaired) electrons. The number of nitrogens with zero attached hydrogens (tertiary/aromatic N) is 3. The van der Waals surface area contributed by atoms with E-state index < -0.39 is 0 Å². The van der Waals surface area contributed by atoms with Crippen LogP contribution in [-0.4, -0.2) is 32.5 Å². The third-order valence-corrected chi connectivity index (χ3v) is 6.39. The number of thioether (sulfide) groups is 1. The molecule has 0 aliphatic carbocycles. The van der Waals surface area contributed by atoms with E-state index in [2.05, 4.69) is 15.2 Å². The van der Waals surface area contributed by atoms with Crippen molar-refractivity contribution in [3.63, 3.8) is 0 Å². The van der Waals surface area contributed by atoms with E-state index in [9.17, 15) is 4.79 Å². The van der Waals surface area contributed by atoms with E-state index in [0.29, 0.717) is 29.1 Å². The molecule has 3 aromatic rings. The lowest BCUT2D eigenvalue weighted by molar-refractivity contribution is 0.0941. The zero-order valence-electron chi connectivity index (χ0n) is 15.0. The Labute approximate surface area is 175 Å². The van der Waals surface area contributed by atoms with Gasteiger partial charge in [0.25, 0.3) is 0 Å². The summed E-state index contributed by atoms with van der Waals surface area (Å²) < 4.78 is 13.0. The van der Waals surface area contributed by atoms with Crippen LogP contribution in [0.2, 0.25) is 5.02 Å². The predicted octanol–water partition coefficient (Wildman–Crippen LogP) is 3.73. The zero-order chi connectivity index (χ0) is 19.3. The molecule has 0 amide bonds. The molecule has 1 atom stereocenters. The lowest BCUT2D eigenvalue weighted by atomic mass is 10.2. The summed E-state index contributed by atoms with van der Waals surface area (Å²) in [7, 11) is 0. The fraction of sp³-hybridized carbons (Fsp3) is 0.389. The van der Waals surface area contributed by atoms with E-state index in [1.807, 2.05) is 17.5 Å². The molecule has 4 rings (SSSR count). The van der Waals surface area contributed by atoms with E-state index in [0.717, 1.165) is 35.9 Å². The van der Waals surface area contributed by atoms with Gasteiger partial charge in [-0.05, 0) is 37.1 Å². The third kappa shape index (κ3) is 4.96. The minimum absolute atomic E-state index is 0.0885. The van der Waals surface area contributed by atoms with Crippen molar-refractivity contribution in [1.82, 2.24) is 19.7 Å². The van der Waals surface area contributed by atoms with Crippen molar-refractivity contribution in [3.8, 4) is 5.75 Å². The topological polar surface area (TPSA) is 82.0 Å². The van der Waals surface area contributed by atoms with Crippen molar-refractivity contribution in [2.45, 2.75) is 43.0 Å². The van der Waals surface area contributed by atoms with Gasteiger partial charge in [0.05, 0.1) is 18.3 Å². The Morgan fingerprint density at radius 1 is 1.39 bits per heavy atom. The Morgan fingerprint density at radius 2 is 2.25 bits per heavy atom. The molecule has 10 heteroatoms. The highest BCUT2D eigenvalue weighted by molar-refractivity contribution is 7.98. The smallest absolute Gasteiger partial charge is 0.344 e. The van der Waals surface area contributed by atoms with Gasteiger partial charge >= 0.3 is 5.69 Å². The molecule has 0 bridgehead atoms. The maximum atomic E-state index is 12.0. The Kier molecular flexibility index (Phi) is 6.36. The molecule has 1 N–H and O–H groups in total. The van der Waals surface area contributed by atoms with Gasteiger partial charge in [-0.25, -0.2) is 14.9 Å². The van der Waals surface area contributed by atoms with Gasteiger partial charge in [0.15, 0.2) is 5.16 Å². The number of aromatic nitrogens is 4. The first-order valence-corrected chi connectivity index (χ1v) is 11.1. The summed E-state index contributed by atoms with van der Waals surface area (Å²) in [5, 5.41) is 10.9. The van der Waals surface area contributed by atoms with Crippen molar-refractivity contribution in [2.75, 3.05) is 6.61 Å². The Balaban J connectivity index is 1.32. The Bertz CT molecular complexity index is 964. The van der Waals surface area contributed by atoms with E-state index >= 15 is 0 Å². The van der Waals surface area contributed by atoms with Crippen molar-refractivity contribution < 1.29 is 9.47 Å². The molecule has 7 nitrogen and oxygen atoms in total. The van der Waals surface area contributed by atoms with Gasteiger partial charge < -0.3 is 9.47 Å². The van der Waals surface area contributed by atoms with Crippen LogP contribution in [-0.2, 0) is 23.6 Å². The summed E-state index contributed by atoms with van der Waals surface area (Å²) in [4.78, 5) is 16.6. The minimum Gasteiger partial charge on any atom is -0.486 e. The van der Waals surface area contributed by atoms with E-state index in [4.69, 9.17) is 21.1 Å². The van der Waals surface area contributed by atoms with Crippen LogP contribution in [0.3, 0.4) is 0 Å². The molecule has 3 heterocycles. The van der Waals surface area contributed by atoms with Crippen LogP contribution in [0.1, 0.15) is 23.5 Å². The SMILES string of the molecule is O=c1[nH]nc(SCc2csc(COc3ccc(Cl)cc3)n2)n1CC1CCCO1. The first-order chi connectivity index (χ1) is 13.7. The largest absolute Gasteiger partial charge is 0.486 e. The van der Waals surface area contributed by atoms with Gasteiger partial charge in [-0.1, -0.05) is 23.4 Å². The van der Waals surface area contributed by atoms with Crippen LogP contribution in [0.4, 0.5) is 0 Å². The van der Waals surface area contributed by atoms with E-state index in [1.54, 1.807) is 28.0 Å². The maximum Gasteiger partial charge on any atom is 0.344 e. The molecule has 0 spiro atoms. The average molecular weight is 439 g/mol. The second kappa shape index (κ2) is 9.13. The second-order valence-electron chi connectivity index (χ2n) is 6.32. The number of rotatable bonds is 8. The molecule has 28 heavy (non-hydrogen) atoms. The maximum absolute atomic E-state index is 12.0. The summed E-state index contributed by atoms with van der Waals surface area (Å²) in [6.07, 6.45) is 2.11. The molecule has 1 aliphatic heterocycles. The summed E-state index contributed by atoms with van der Waals surface area (Å²) in [6, 6.07) is 7.25. The number of benzene rings is 1. The third-order valence-electron chi connectivity index (χ3n) is 4.26. The van der Waals surface area contributed by atoms with Gasteiger partial charge in [0, 0.05) is 22.8 Å². The highest BCUT2D eigenvalue weighted by atomic mass is 35.5. The van der Waals surface area contributed by atoms with Crippen LogP contribution in [0, 0.1) is 0 Å². The van der Waals surface area contributed by atoms with Gasteiger partial charge in [-0.2, -0.15) is 0 Å². The lowest BCUT2D eigenvalue weighted by Gasteiger charge is -2.10. The number of ether oxygens (including phenoxy) is 2. The first-order valence-electron chi connectivity index (χ1n) is 8.88. The fourth-order valence-corrected chi connectivity index (χ4v) is 4.65. The Hall–Kier alpha value is -1.81. The van der Waals surface area contributed by atoms with Gasteiger partial charge in [-0.15, -0.1) is 16.4 Å². The number of H-pyrrole nitrogens is 1. The summed E-state index contributed by atoms with van der Waals surface area (Å²) in [5.41, 5.74) is 0.733. The van der Waals surface area contributed by atoms with Crippen molar-refractivity contribution in [2.24, 2.45) is 0 Å². The van der Waals surface area contributed by atoms with Crippen molar-refractivity contribution in [1.29, 1.82) is 0 Å².